The van der Waals surface area contributed by atoms with Crippen molar-refractivity contribution in [3.05, 3.63) is 35.9 Å². The minimum atomic E-state index is -2.36. The molecule has 1 saturated heterocycles. The van der Waals surface area contributed by atoms with Crippen molar-refractivity contribution in [1.82, 2.24) is 4.90 Å². The molecule has 0 spiro atoms. The van der Waals surface area contributed by atoms with Crippen molar-refractivity contribution in [2.45, 2.75) is 77.2 Å². The van der Waals surface area contributed by atoms with E-state index in [0.717, 1.165) is 10.0 Å². The van der Waals surface area contributed by atoms with Crippen LogP contribution in [-0.4, -0.2) is 65.4 Å². The predicted octanol–water partition coefficient (Wildman–Crippen LogP) is 4.69. The summed E-state index contributed by atoms with van der Waals surface area (Å²) in [5.41, 5.74) is 0.425. The first-order valence-electron chi connectivity index (χ1n) is 11.1. The van der Waals surface area contributed by atoms with Crippen LogP contribution in [0.3, 0.4) is 0 Å². The number of nitrogens with zero attached hydrogens (tertiary/aromatic N) is 1. The van der Waals surface area contributed by atoms with Crippen LogP contribution in [0.5, 0.6) is 0 Å². The molecule has 6 nitrogen and oxygen atoms in total. The van der Waals surface area contributed by atoms with Crippen LogP contribution >= 0.6 is 0 Å². The predicted molar refractivity (Wildman–Crippen MR) is 124 cm³/mol. The minimum absolute atomic E-state index is 0.0363. The Labute approximate surface area is 191 Å². The fourth-order valence-corrected chi connectivity index (χ4v) is 10.0. The summed E-state index contributed by atoms with van der Waals surface area (Å²) >= 11 is -2.36. The molecule has 2 rings (SSSR count). The Morgan fingerprint density at radius 3 is 2.29 bits per heavy atom. The number of rotatable bonds is 6. The second kappa shape index (κ2) is 10.6. The summed E-state index contributed by atoms with van der Waals surface area (Å²) in [4.78, 5) is 33.8. The van der Waals surface area contributed by atoms with Crippen molar-refractivity contribution < 1.29 is 24.2 Å². The number of amides is 1. The fourth-order valence-electron chi connectivity index (χ4n) is 4.45. The molecule has 4 atom stereocenters. The molecule has 1 N–H and O–H groups in total. The van der Waals surface area contributed by atoms with Crippen LogP contribution < -0.4 is 0 Å². The maximum absolute atomic E-state index is 13.2. The molecule has 1 aromatic rings. The van der Waals surface area contributed by atoms with Gasteiger partial charge < -0.3 is 0 Å². The van der Waals surface area contributed by atoms with Crippen LogP contribution in [0.15, 0.2) is 30.3 Å². The second-order valence-electron chi connectivity index (χ2n) is 10.8. The van der Waals surface area contributed by atoms with E-state index in [1.54, 1.807) is 0 Å². The Bertz CT molecular complexity index is 741. The third-order valence-corrected chi connectivity index (χ3v) is 10.5. The van der Waals surface area contributed by atoms with Gasteiger partial charge in [0, 0.05) is 0 Å². The standard InChI is InChI=1S/C21H30NO5.3CH3.Sn/c1-14-16(13-18(23)26-5)12-17(11-15-9-7-6-8-10-15)22(19(14)24)20(25)27-21(2,3)4;;;;/h6-10,14,16-17,19,24H,1,11-13H2,2-5H3;3*1H3;/t14-,16+,17+,19?;;;;/m1..../s1. The van der Waals surface area contributed by atoms with Gasteiger partial charge >= 0.3 is 192 Å². The van der Waals surface area contributed by atoms with Crippen LogP contribution in [0.1, 0.15) is 39.2 Å². The third kappa shape index (κ3) is 7.97. The summed E-state index contributed by atoms with van der Waals surface area (Å²) in [6, 6.07) is 9.68. The summed E-state index contributed by atoms with van der Waals surface area (Å²) in [7, 11) is 1.40. The zero-order valence-electron chi connectivity index (χ0n) is 20.1. The Balaban J connectivity index is 2.41. The first-order chi connectivity index (χ1) is 14.3. The number of hydrogen-bond donors (Lipinski definition) is 1. The zero-order chi connectivity index (χ0) is 23.4. The van der Waals surface area contributed by atoms with Crippen molar-refractivity contribution in [3.63, 3.8) is 0 Å². The van der Waals surface area contributed by atoms with Gasteiger partial charge in [-0.05, 0) is 0 Å². The molecule has 0 aromatic heterocycles. The fraction of sp³-hybridized carbons (Fsp3) is 0.667. The van der Waals surface area contributed by atoms with Crippen molar-refractivity contribution >= 4 is 30.4 Å². The van der Waals surface area contributed by atoms with Crippen molar-refractivity contribution in [2.75, 3.05) is 7.11 Å². The molecule has 0 aliphatic carbocycles. The van der Waals surface area contributed by atoms with Crippen LogP contribution in [0, 0.1) is 11.8 Å². The van der Waals surface area contributed by atoms with Gasteiger partial charge in [-0.2, -0.15) is 0 Å². The summed E-state index contributed by atoms with van der Waals surface area (Å²) in [5.74, 6) is -0.462. The summed E-state index contributed by atoms with van der Waals surface area (Å²) in [6.07, 6.45) is 0.00961. The van der Waals surface area contributed by atoms with Crippen LogP contribution in [-0.2, 0) is 20.7 Å². The van der Waals surface area contributed by atoms with Crippen molar-refractivity contribution in [2.24, 2.45) is 11.8 Å². The number of hydrogen-bond acceptors (Lipinski definition) is 5. The van der Waals surface area contributed by atoms with Gasteiger partial charge in [0.05, 0.1) is 0 Å². The van der Waals surface area contributed by atoms with Crippen LogP contribution in [0.4, 0.5) is 4.79 Å². The first kappa shape index (κ1) is 26.0. The van der Waals surface area contributed by atoms with Gasteiger partial charge in [0.2, 0.25) is 0 Å². The Morgan fingerprint density at radius 1 is 1.16 bits per heavy atom. The molecule has 7 heteroatoms. The topological polar surface area (TPSA) is 76.1 Å². The normalized spacial score (nSPS) is 24.6. The number of methoxy groups -OCH3 is 1. The molecule has 1 aliphatic heterocycles. The van der Waals surface area contributed by atoms with Gasteiger partial charge in [-0.3, -0.25) is 0 Å². The van der Waals surface area contributed by atoms with E-state index in [1.165, 1.54) is 12.0 Å². The maximum atomic E-state index is 13.2. The molecule has 0 radical (unpaired) electrons. The van der Waals surface area contributed by atoms with E-state index in [-0.39, 0.29) is 30.3 Å². The molecule has 1 aromatic carbocycles. The molecular formula is C24H39NO5Sn. The number of ether oxygens (including phenoxy) is 2. The van der Waals surface area contributed by atoms with E-state index in [1.807, 2.05) is 51.1 Å². The number of carbonyl (C=O) groups is 2. The summed E-state index contributed by atoms with van der Waals surface area (Å²) in [6.45, 7) is 5.49. The van der Waals surface area contributed by atoms with E-state index < -0.39 is 36.3 Å². The molecule has 0 saturated carbocycles. The molecule has 0 bridgehead atoms. The SMILES string of the molecule is COC(=O)C[C@@H]1C[C@H](Cc2ccccc2)N(C(=O)OC(C)(C)C)C(O)[C@@H]1[CH2][Sn]([CH3])([CH3])[CH3]. The number of esters is 1. The van der Waals surface area contributed by atoms with Gasteiger partial charge in [-0.15, -0.1) is 0 Å². The Hall–Kier alpha value is -1.28. The van der Waals surface area contributed by atoms with E-state index in [2.05, 4.69) is 14.8 Å². The van der Waals surface area contributed by atoms with Gasteiger partial charge in [-0.25, -0.2) is 0 Å². The van der Waals surface area contributed by atoms with Crippen LogP contribution in [0.2, 0.25) is 19.3 Å². The monoisotopic (exact) mass is 541 g/mol. The first-order valence-corrected chi connectivity index (χ1v) is 21.7. The molecule has 1 amide bonds. The average molecular weight is 540 g/mol. The summed E-state index contributed by atoms with van der Waals surface area (Å²) < 4.78 is 11.5. The summed E-state index contributed by atoms with van der Waals surface area (Å²) in [5, 5.41) is 11.5. The number of piperidine rings is 1. The van der Waals surface area contributed by atoms with Crippen molar-refractivity contribution in [3.8, 4) is 0 Å². The molecule has 1 aliphatic rings. The molecule has 1 heterocycles. The van der Waals surface area contributed by atoms with Gasteiger partial charge in [0.15, 0.2) is 0 Å². The molecule has 1 fully saturated rings. The van der Waals surface area contributed by atoms with Gasteiger partial charge in [-0.1, -0.05) is 0 Å². The number of aliphatic hydroxyl groups is 1. The Morgan fingerprint density at radius 2 is 1.77 bits per heavy atom. The Kier molecular flexibility index (Phi) is 8.85. The number of likely N-dealkylation sites (tertiary alicyclic amines) is 1. The molecular weight excluding hydrogens is 501 g/mol. The van der Waals surface area contributed by atoms with Crippen molar-refractivity contribution in [1.29, 1.82) is 0 Å². The van der Waals surface area contributed by atoms with E-state index >= 15 is 0 Å². The average Bonchev–Trinajstić information content (AvgIpc) is 2.63. The molecule has 31 heavy (non-hydrogen) atoms. The third-order valence-electron chi connectivity index (χ3n) is 5.66. The van der Waals surface area contributed by atoms with Gasteiger partial charge in [0.1, 0.15) is 0 Å². The molecule has 174 valence electrons. The van der Waals surface area contributed by atoms with Gasteiger partial charge in [0.25, 0.3) is 0 Å². The number of carbonyl (C=O) groups excluding carboxylic acids is 2. The quantitative estimate of drug-likeness (QED) is 0.419. The van der Waals surface area contributed by atoms with E-state index in [9.17, 15) is 14.7 Å². The number of benzene rings is 1. The number of aliphatic hydroxyl groups excluding tert-OH is 1. The molecule has 1 unspecified atom stereocenters. The second-order valence-corrected chi connectivity index (χ2v) is 26.6. The van der Waals surface area contributed by atoms with E-state index in [4.69, 9.17) is 9.47 Å². The zero-order valence-corrected chi connectivity index (χ0v) is 22.9. The van der Waals surface area contributed by atoms with Crippen LogP contribution in [0.25, 0.3) is 0 Å². The van der Waals surface area contributed by atoms with E-state index in [0.29, 0.717) is 12.8 Å².